The van der Waals surface area contributed by atoms with Gasteiger partial charge in [-0.3, -0.25) is 9.59 Å². The molecular weight excluding hydrogens is 282 g/mol. The minimum Gasteiger partial charge on any atom is -0.463 e. The van der Waals surface area contributed by atoms with Crippen LogP contribution in [-0.4, -0.2) is 24.6 Å². The van der Waals surface area contributed by atoms with Crippen LogP contribution in [0.1, 0.15) is 12.2 Å². The number of nitrogens with one attached hydrogen (secondary N) is 1. The van der Waals surface area contributed by atoms with Crippen LogP contribution < -0.4 is 10.3 Å². The van der Waals surface area contributed by atoms with Crippen LogP contribution in [0.2, 0.25) is 0 Å². The number of hydrazone groups is 1. The maximum Gasteiger partial charge on any atom is 0.245 e. The zero-order valence-corrected chi connectivity index (χ0v) is 11.8. The number of nitrogens with zero attached hydrogens (tertiary/aromatic N) is 2. The van der Waals surface area contributed by atoms with Crippen molar-refractivity contribution < 1.29 is 14.0 Å². The lowest BCUT2D eigenvalue weighted by Gasteiger charge is -2.16. The number of furan rings is 1. The average molecular weight is 297 g/mol. The van der Waals surface area contributed by atoms with Gasteiger partial charge in [0.2, 0.25) is 11.8 Å². The van der Waals surface area contributed by atoms with E-state index in [0.717, 1.165) is 5.69 Å². The minimum atomic E-state index is -0.401. The van der Waals surface area contributed by atoms with Gasteiger partial charge < -0.3 is 9.32 Å². The fraction of sp³-hybridized carbons (Fsp3) is 0.188. The van der Waals surface area contributed by atoms with Crippen molar-refractivity contribution in [3.63, 3.8) is 0 Å². The molecule has 1 aliphatic heterocycles. The third-order valence-corrected chi connectivity index (χ3v) is 3.47. The Bertz CT molecular complexity index is 680. The highest BCUT2D eigenvalue weighted by Gasteiger charge is 2.34. The number of para-hydroxylation sites is 1. The van der Waals surface area contributed by atoms with Crippen LogP contribution in [0.25, 0.3) is 0 Å². The molecule has 6 heteroatoms. The summed E-state index contributed by atoms with van der Waals surface area (Å²) in [5, 5.41) is 3.83. The molecule has 0 saturated carbocycles. The quantitative estimate of drug-likeness (QED) is 0.690. The van der Waals surface area contributed by atoms with E-state index >= 15 is 0 Å². The van der Waals surface area contributed by atoms with Gasteiger partial charge in [-0.15, -0.1) is 0 Å². The summed E-state index contributed by atoms with van der Waals surface area (Å²) in [7, 11) is 0. The van der Waals surface area contributed by atoms with Crippen LogP contribution in [0, 0.1) is 5.92 Å². The van der Waals surface area contributed by atoms with Crippen molar-refractivity contribution in [2.75, 3.05) is 11.4 Å². The third kappa shape index (κ3) is 3.06. The number of rotatable bonds is 4. The molecule has 0 bridgehead atoms. The second kappa shape index (κ2) is 6.26. The lowest BCUT2D eigenvalue weighted by atomic mass is 10.1. The molecule has 22 heavy (non-hydrogen) atoms. The molecule has 1 N–H and O–H groups in total. The SMILES string of the molecule is O=C(NN=Cc1ccco1)C1CC(=O)N(c2ccccc2)C1. The molecule has 1 fully saturated rings. The van der Waals surface area contributed by atoms with Crippen molar-refractivity contribution >= 4 is 23.7 Å². The van der Waals surface area contributed by atoms with Gasteiger partial charge in [-0.1, -0.05) is 18.2 Å². The predicted molar refractivity (Wildman–Crippen MR) is 81.3 cm³/mol. The molecule has 0 radical (unpaired) electrons. The Labute approximate surface area is 127 Å². The molecule has 1 unspecified atom stereocenters. The Morgan fingerprint density at radius 1 is 1.27 bits per heavy atom. The van der Waals surface area contributed by atoms with Crippen molar-refractivity contribution in [1.82, 2.24) is 5.43 Å². The number of anilines is 1. The lowest BCUT2D eigenvalue weighted by molar-refractivity contribution is -0.126. The van der Waals surface area contributed by atoms with E-state index in [1.165, 1.54) is 12.5 Å². The first kappa shape index (κ1) is 14.1. The molecule has 0 aliphatic carbocycles. The van der Waals surface area contributed by atoms with E-state index in [-0.39, 0.29) is 18.2 Å². The normalized spacial score (nSPS) is 18.1. The standard InChI is InChI=1S/C16H15N3O3/c20-15-9-12(11-19(15)13-5-2-1-3-6-13)16(21)18-17-10-14-7-4-8-22-14/h1-8,10,12H,9,11H2,(H,18,21). The molecule has 1 saturated heterocycles. The van der Waals surface area contributed by atoms with Gasteiger partial charge in [0.05, 0.1) is 18.4 Å². The summed E-state index contributed by atoms with van der Waals surface area (Å²) in [4.78, 5) is 25.7. The van der Waals surface area contributed by atoms with E-state index in [2.05, 4.69) is 10.5 Å². The van der Waals surface area contributed by atoms with Gasteiger partial charge in [-0.25, -0.2) is 5.43 Å². The molecule has 3 rings (SSSR count). The molecule has 2 aromatic rings. The summed E-state index contributed by atoms with van der Waals surface area (Å²) in [6.45, 7) is 0.366. The second-order valence-corrected chi connectivity index (χ2v) is 4.99. The molecule has 1 atom stereocenters. The number of hydrogen-bond acceptors (Lipinski definition) is 4. The first-order chi connectivity index (χ1) is 10.7. The molecule has 1 aliphatic rings. The first-order valence-electron chi connectivity index (χ1n) is 6.96. The van der Waals surface area contributed by atoms with Gasteiger partial charge in [-0.2, -0.15) is 5.10 Å². The van der Waals surface area contributed by atoms with Gasteiger partial charge in [-0.05, 0) is 24.3 Å². The summed E-state index contributed by atoms with van der Waals surface area (Å²) in [5.74, 6) is -0.175. The number of carbonyl (C=O) groups is 2. The van der Waals surface area contributed by atoms with E-state index < -0.39 is 5.92 Å². The van der Waals surface area contributed by atoms with Crippen LogP contribution in [0.15, 0.2) is 58.2 Å². The zero-order valence-electron chi connectivity index (χ0n) is 11.8. The van der Waals surface area contributed by atoms with E-state index in [1.807, 2.05) is 30.3 Å². The van der Waals surface area contributed by atoms with Crippen molar-refractivity contribution in [1.29, 1.82) is 0 Å². The van der Waals surface area contributed by atoms with Crippen LogP contribution in [0.4, 0.5) is 5.69 Å². The van der Waals surface area contributed by atoms with Gasteiger partial charge in [0.25, 0.3) is 0 Å². The molecule has 0 spiro atoms. The topological polar surface area (TPSA) is 74.9 Å². The summed E-state index contributed by atoms with van der Waals surface area (Å²) < 4.78 is 5.07. The van der Waals surface area contributed by atoms with Crippen LogP contribution >= 0.6 is 0 Å². The van der Waals surface area contributed by atoms with Crippen molar-refractivity contribution in [3.8, 4) is 0 Å². The summed E-state index contributed by atoms with van der Waals surface area (Å²) in [6.07, 6.45) is 3.14. The highest BCUT2D eigenvalue weighted by Crippen LogP contribution is 2.24. The Balaban J connectivity index is 1.59. The van der Waals surface area contributed by atoms with Gasteiger partial charge in [0, 0.05) is 18.7 Å². The summed E-state index contributed by atoms with van der Waals surface area (Å²) in [6, 6.07) is 12.8. The van der Waals surface area contributed by atoms with Crippen molar-refractivity contribution in [3.05, 3.63) is 54.5 Å². The molecule has 112 valence electrons. The number of benzene rings is 1. The maximum absolute atomic E-state index is 12.1. The molecule has 6 nitrogen and oxygen atoms in total. The Kier molecular flexibility index (Phi) is 4.00. The van der Waals surface area contributed by atoms with Gasteiger partial charge >= 0.3 is 0 Å². The number of amides is 2. The highest BCUT2D eigenvalue weighted by atomic mass is 16.3. The molecule has 2 heterocycles. The second-order valence-electron chi connectivity index (χ2n) is 4.99. The minimum absolute atomic E-state index is 0.0543. The van der Waals surface area contributed by atoms with Crippen LogP contribution in [0.3, 0.4) is 0 Å². The van der Waals surface area contributed by atoms with E-state index in [1.54, 1.807) is 17.0 Å². The molecular formula is C16H15N3O3. The van der Waals surface area contributed by atoms with Gasteiger partial charge in [0.15, 0.2) is 0 Å². The largest absolute Gasteiger partial charge is 0.463 e. The lowest BCUT2D eigenvalue weighted by Crippen LogP contribution is -2.30. The molecule has 2 amide bonds. The highest BCUT2D eigenvalue weighted by molar-refractivity contribution is 6.00. The number of carbonyl (C=O) groups excluding carboxylic acids is 2. The molecule has 1 aromatic heterocycles. The maximum atomic E-state index is 12.1. The van der Waals surface area contributed by atoms with E-state index in [9.17, 15) is 9.59 Å². The monoisotopic (exact) mass is 297 g/mol. The fourth-order valence-corrected chi connectivity index (χ4v) is 2.36. The number of hydrogen-bond donors (Lipinski definition) is 1. The predicted octanol–water partition coefficient (Wildman–Crippen LogP) is 1.78. The first-order valence-corrected chi connectivity index (χ1v) is 6.96. The Hall–Kier alpha value is -2.89. The summed E-state index contributed by atoms with van der Waals surface area (Å²) >= 11 is 0. The Morgan fingerprint density at radius 3 is 2.82 bits per heavy atom. The van der Waals surface area contributed by atoms with Gasteiger partial charge in [0.1, 0.15) is 5.76 Å². The summed E-state index contributed by atoms with van der Waals surface area (Å²) in [5.41, 5.74) is 3.25. The molecule has 1 aromatic carbocycles. The Morgan fingerprint density at radius 2 is 2.09 bits per heavy atom. The fourth-order valence-electron chi connectivity index (χ4n) is 2.36. The zero-order chi connectivity index (χ0) is 15.4. The van der Waals surface area contributed by atoms with E-state index in [0.29, 0.717) is 12.3 Å². The van der Waals surface area contributed by atoms with Crippen LogP contribution in [0.5, 0.6) is 0 Å². The van der Waals surface area contributed by atoms with E-state index in [4.69, 9.17) is 4.42 Å². The van der Waals surface area contributed by atoms with Crippen LogP contribution in [-0.2, 0) is 9.59 Å². The van der Waals surface area contributed by atoms with Crippen molar-refractivity contribution in [2.24, 2.45) is 11.0 Å². The average Bonchev–Trinajstić information content (AvgIpc) is 3.17. The van der Waals surface area contributed by atoms with Crippen molar-refractivity contribution in [2.45, 2.75) is 6.42 Å². The smallest absolute Gasteiger partial charge is 0.245 e. The third-order valence-electron chi connectivity index (χ3n) is 3.47.